The van der Waals surface area contributed by atoms with Crippen LogP contribution in [0.2, 0.25) is 0 Å². The lowest BCUT2D eigenvalue weighted by atomic mass is 10.4. The van der Waals surface area contributed by atoms with Gasteiger partial charge in [-0.05, 0) is 35.6 Å². The average molecular weight is 348 g/mol. The number of carboxylic acids is 1. The minimum Gasteiger partial charge on any atom is -0.477 e. The van der Waals surface area contributed by atoms with E-state index in [1.807, 2.05) is 13.1 Å². The lowest BCUT2D eigenvalue weighted by Crippen LogP contribution is -2.07. The summed E-state index contributed by atoms with van der Waals surface area (Å²) in [7, 11) is 0. The summed E-state index contributed by atoms with van der Waals surface area (Å²) in [6.45, 7) is 2.50. The van der Waals surface area contributed by atoms with Crippen molar-refractivity contribution >= 4 is 39.9 Å². The summed E-state index contributed by atoms with van der Waals surface area (Å²) in [6, 6.07) is 1.66. The van der Waals surface area contributed by atoms with Crippen molar-refractivity contribution in [2.45, 2.75) is 13.5 Å². The summed E-state index contributed by atoms with van der Waals surface area (Å²) in [5.74, 6) is -0.899. The lowest BCUT2D eigenvalue weighted by molar-refractivity contribution is 0.0685. The number of aromatic carboxylic acids is 1. The number of carboxylic acid groups (broad SMARTS) is 1. The summed E-state index contributed by atoms with van der Waals surface area (Å²) in [6.07, 6.45) is 3.62. The van der Waals surface area contributed by atoms with Gasteiger partial charge in [-0.2, -0.15) is 0 Å². The van der Waals surface area contributed by atoms with E-state index in [2.05, 4.69) is 27.6 Å². The fraction of sp³-hybridized carbons (Fsp3) is 0.200. The van der Waals surface area contributed by atoms with Gasteiger partial charge in [0.05, 0.1) is 11.6 Å². The molecule has 2 rings (SSSR count). The Kier molecular flexibility index (Phi) is 3.29. The minimum absolute atomic E-state index is 0.315. The second kappa shape index (κ2) is 4.54. The first-order valence-corrected chi connectivity index (χ1v) is 6.46. The highest BCUT2D eigenvalue weighted by Crippen LogP contribution is 2.17. The fourth-order valence-corrected chi connectivity index (χ4v) is 2.86. The molecule has 16 heavy (non-hydrogen) atoms. The molecule has 2 aromatic heterocycles. The number of hydrogen-bond acceptors (Lipinski definition) is 3. The number of aryl methyl sites for hydroxylation is 1. The normalized spacial score (nSPS) is 10.6. The Labute approximate surface area is 110 Å². The second-order valence-electron chi connectivity index (χ2n) is 3.32. The Balaban J connectivity index is 2.30. The van der Waals surface area contributed by atoms with Gasteiger partial charge >= 0.3 is 5.97 Å². The van der Waals surface area contributed by atoms with Crippen LogP contribution in [-0.2, 0) is 6.54 Å². The van der Waals surface area contributed by atoms with E-state index in [1.165, 1.54) is 0 Å². The van der Waals surface area contributed by atoms with Gasteiger partial charge in [-0.15, -0.1) is 11.3 Å². The topological polar surface area (TPSA) is 55.1 Å². The van der Waals surface area contributed by atoms with E-state index in [4.69, 9.17) is 5.11 Å². The first-order valence-electron chi connectivity index (χ1n) is 4.56. The summed E-state index contributed by atoms with van der Waals surface area (Å²) in [4.78, 5) is 16.2. The molecule has 6 heteroatoms. The zero-order chi connectivity index (χ0) is 11.7. The standard InChI is InChI=1S/C10H9IN2O2S/c1-6-12-3-8(16-6)5-13-4-7(11)2-9(13)10(14)15/h2-4H,5H2,1H3,(H,14,15). The minimum atomic E-state index is -0.899. The second-order valence-corrected chi connectivity index (χ2v) is 5.89. The molecule has 0 aliphatic carbocycles. The van der Waals surface area contributed by atoms with E-state index >= 15 is 0 Å². The Morgan fingerprint density at radius 1 is 1.69 bits per heavy atom. The monoisotopic (exact) mass is 348 g/mol. The van der Waals surface area contributed by atoms with Gasteiger partial charge in [0.1, 0.15) is 5.69 Å². The summed E-state index contributed by atoms with van der Waals surface area (Å²) in [5.41, 5.74) is 0.315. The third-order valence-corrected chi connectivity index (χ3v) is 3.57. The molecule has 0 saturated heterocycles. The van der Waals surface area contributed by atoms with Crippen LogP contribution in [-0.4, -0.2) is 20.6 Å². The fourth-order valence-electron chi connectivity index (χ4n) is 1.43. The molecule has 0 aromatic carbocycles. The van der Waals surface area contributed by atoms with Crippen LogP contribution in [0.15, 0.2) is 18.5 Å². The van der Waals surface area contributed by atoms with Gasteiger partial charge in [0.25, 0.3) is 0 Å². The van der Waals surface area contributed by atoms with Crippen molar-refractivity contribution in [3.8, 4) is 0 Å². The van der Waals surface area contributed by atoms with Crippen molar-refractivity contribution in [2.75, 3.05) is 0 Å². The van der Waals surface area contributed by atoms with Crippen LogP contribution in [0.4, 0.5) is 0 Å². The highest BCUT2D eigenvalue weighted by Gasteiger charge is 2.12. The predicted octanol–water partition coefficient (Wildman–Crippen LogP) is 2.60. The van der Waals surface area contributed by atoms with E-state index in [0.717, 1.165) is 13.5 Å². The van der Waals surface area contributed by atoms with Crippen LogP contribution < -0.4 is 0 Å². The van der Waals surface area contributed by atoms with Crippen molar-refractivity contribution in [1.29, 1.82) is 0 Å². The van der Waals surface area contributed by atoms with Crippen LogP contribution in [0.25, 0.3) is 0 Å². The molecule has 0 aliphatic rings. The molecule has 0 radical (unpaired) electrons. The van der Waals surface area contributed by atoms with Gasteiger partial charge in [0, 0.05) is 20.8 Å². The highest BCUT2D eigenvalue weighted by atomic mass is 127. The van der Waals surface area contributed by atoms with Gasteiger partial charge in [-0.3, -0.25) is 0 Å². The van der Waals surface area contributed by atoms with E-state index in [9.17, 15) is 4.79 Å². The molecular weight excluding hydrogens is 339 g/mol. The van der Waals surface area contributed by atoms with Crippen LogP contribution in [0.5, 0.6) is 0 Å². The van der Waals surface area contributed by atoms with Gasteiger partial charge in [-0.1, -0.05) is 0 Å². The maximum Gasteiger partial charge on any atom is 0.352 e. The number of halogens is 1. The Hall–Kier alpha value is -0.890. The molecule has 0 saturated carbocycles. The zero-order valence-electron chi connectivity index (χ0n) is 8.48. The number of aromatic nitrogens is 2. The number of thiazole rings is 1. The molecule has 0 aliphatic heterocycles. The van der Waals surface area contributed by atoms with Gasteiger partial charge in [0.2, 0.25) is 0 Å². The molecular formula is C10H9IN2O2S. The van der Waals surface area contributed by atoms with E-state index < -0.39 is 5.97 Å². The summed E-state index contributed by atoms with van der Waals surface area (Å²) >= 11 is 3.70. The molecule has 0 amide bonds. The molecule has 0 atom stereocenters. The van der Waals surface area contributed by atoms with Crippen molar-refractivity contribution in [3.63, 3.8) is 0 Å². The molecule has 2 aromatic rings. The van der Waals surface area contributed by atoms with Crippen molar-refractivity contribution in [1.82, 2.24) is 9.55 Å². The Bertz CT molecular complexity index is 533. The molecule has 0 spiro atoms. The number of hydrogen-bond donors (Lipinski definition) is 1. The molecule has 84 valence electrons. The number of nitrogens with zero attached hydrogens (tertiary/aromatic N) is 2. The van der Waals surface area contributed by atoms with Crippen LogP contribution >= 0.6 is 33.9 Å². The SMILES string of the molecule is Cc1ncc(Cn2cc(I)cc2C(=O)O)s1. The maximum absolute atomic E-state index is 11.0. The molecule has 0 bridgehead atoms. The first-order chi connectivity index (χ1) is 7.56. The van der Waals surface area contributed by atoms with Crippen molar-refractivity contribution < 1.29 is 9.90 Å². The maximum atomic E-state index is 11.0. The van der Waals surface area contributed by atoms with Gasteiger partial charge < -0.3 is 9.67 Å². The smallest absolute Gasteiger partial charge is 0.352 e. The lowest BCUT2D eigenvalue weighted by Gasteiger charge is -2.02. The molecule has 0 fully saturated rings. The van der Waals surface area contributed by atoms with Crippen molar-refractivity contribution in [3.05, 3.63) is 37.6 Å². The Morgan fingerprint density at radius 2 is 2.44 bits per heavy atom. The number of carbonyl (C=O) groups is 1. The molecule has 2 heterocycles. The van der Waals surface area contributed by atoms with Gasteiger partial charge in [0.15, 0.2) is 0 Å². The predicted molar refractivity (Wildman–Crippen MR) is 70.1 cm³/mol. The third kappa shape index (κ3) is 2.43. The number of rotatable bonds is 3. The van der Waals surface area contributed by atoms with E-state index in [0.29, 0.717) is 12.2 Å². The summed E-state index contributed by atoms with van der Waals surface area (Å²) in [5, 5.41) is 10.0. The summed E-state index contributed by atoms with van der Waals surface area (Å²) < 4.78 is 2.66. The largest absolute Gasteiger partial charge is 0.477 e. The molecule has 4 nitrogen and oxygen atoms in total. The molecule has 1 N–H and O–H groups in total. The van der Waals surface area contributed by atoms with Crippen LogP contribution in [0.1, 0.15) is 20.4 Å². The third-order valence-electron chi connectivity index (χ3n) is 2.08. The van der Waals surface area contributed by atoms with Crippen LogP contribution in [0, 0.1) is 10.5 Å². The highest BCUT2D eigenvalue weighted by molar-refractivity contribution is 14.1. The average Bonchev–Trinajstić information content (AvgIpc) is 2.74. The van der Waals surface area contributed by atoms with Crippen molar-refractivity contribution in [2.24, 2.45) is 0 Å². The Morgan fingerprint density at radius 3 is 3.00 bits per heavy atom. The first kappa shape index (κ1) is 11.6. The zero-order valence-corrected chi connectivity index (χ0v) is 11.4. The van der Waals surface area contributed by atoms with E-state index in [-0.39, 0.29) is 0 Å². The van der Waals surface area contributed by atoms with E-state index in [1.54, 1.807) is 28.2 Å². The quantitative estimate of drug-likeness (QED) is 0.868. The molecule has 0 unspecified atom stereocenters. The van der Waals surface area contributed by atoms with Gasteiger partial charge in [-0.25, -0.2) is 9.78 Å². The van der Waals surface area contributed by atoms with Crippen LogP contribution in [0.3, 0.4) is 0 Å².